The van der Waals surface area contributed by atoms with Gasteiger partial charge in [-0.3, -0.25) is 4.79 Å². The first kappa shape index (κ1) is 17.1. The minimum atomic E-state index is -0.981. The quantitative estimate of drug-likeness (QED) is 0.0999. The van der Waals surface area contributed by atoms with Gasteiger partial charge in [-0.2, -0.15) is 4.89 Å². The van der Waals surface area contributed by atoms with E-state index in [0.29, 0.717) is 0 Å². The summed E-state index contributed by atoms with van der Waals surface area (Å²) in [5.74, 6) is -2.36. The van der Waals surface area contributed by atoms with Crippen molar-refractivity contribution in [3.63, 3.8) is 0 Å². The summed E-state index contributed by atoms with van der Waals surface area (Å²) in [6, 6.07) is 8.04. The van der Waals surface area contributed by atoms with Gasteiger partial charge in [0.25, 0.3) is 5.78 Å². The molecule has 0 aliphatic carbocycles. The van der Waals surface area contributed by atoms with E-state index in [1.165, 1.54) is 12.1 Å². The van der Waals surface area contributed by atoms with Crippen molar-refractivity contribution in [1.82, 2.24) is 0 Å². The van der Waals surface area contributed by atoms with Crippen molar-refractivity contribution in [2.24, 2.45) is 0 Å². The lowest BCUT2D eigenvalue weighted by Crippen LogP contribution is -2.19. The minimum absolute atomic E-state index is 0.104. The Morgan fingerprint density at radius 2 is 1.77 bits per heavy atom. The van der Waals surface area contributed by atoms with Gasteiger partial charge in [0.05, 0.1) is 0 Å². The number of hydrogen-bond acceptors (Lipinski definition) is 7. The Morgan fingerprint density at radius 3 is 2.45 bits per heavy atom. The summed E-state index contributed by atoms with van der Waals surface area (Å²) in [5.41, 5.74) is 0.247. The Hall–Kier alpha value is -2.93. The highest BCUT2D eigenvalue weighted by Gasteiger charge is 2.17. The van der Waals surface area contributed by atoms with Crippen LogP contribution in [-0.4, -0.2) is 30.9 Å². The number of benzene rings is 1. The summed E-state index contributed by atoms with van der Waals surface area (Å²) in [5, 5.41) is 0. The van der Waals surface area contributed by atoms with Crippen molar-refractivity contribution in [2.75, 3.05) is 13.2 Å². The van der Waals surface area contributed by atoms with Crippen LogP contribution in [0.15, 0.2) is 55.5 Å². The van der Waals surface area contributed by atoms with E-state index in [0.717, 1.165) is 18.6 Å². The lowest BCUT2D eigenvalue weighted by atomic mass is 10.1. The van der Waals surface area contributed by atoms with Crippen LogP contribution in [0.2, 0.25) is 0 Å². The predicted octanol–water partition coefficient (Wildman–Crippen LogP) is 1.56. The number of Topliss-reactive ketones (excluding diaryl/α,β-unsaturated/α-hetero) is 1. The Balaban J connectivity index is 2.14. The molecule has 0 fully saturated rings. The van der Waals surface area contributed by atoms with Crippen LogP contribution >= 0.6 is 0 Å². The molecule has 0 amide bonds. The van der Waals surface area contributed by atoms with Crippen LogP contribution in [0.1, 0.15) is 10.4 Å². The van der Waals surface area contributed by atoms with Crippen molar-refractivity contribution in [1.29, 1.82) is 0 Å². The molecule has 0 radical (unpaired) electrons. The number of ketones is 1. The first-order chi connectivity index (χ1) is 10.6. The first-order valence-electron chi connectivity index (χ1n) is 6.18. The normalized spacial score (nSPS) is 10.0. The van der Waals surface area contributed by atoms with E-state index in [1.807, 2.05) is 0 Å². The molecule has 0 atom stereocenters. The molecule has 0 aliphatic heterocycles. The molecule has 0 heterocycles. The molecule has 22 heavy (non-hydrogen) atoms. The van der Waals surface area contributed by atoms with Gasteiger partial charge < -0.3 is 14.4 Å². The smallest absolute Gasteiger partial charge is 0.379 e. The molecule has 1 aromatic rings. The highest BCUT2D eigenvalue weighted by atomic mass is 17.2. The topological polar surface area (TPSA) is 88.1 Å². The third-order valence-electron chi connectivity index (χ3n) is 2.15. The standard InChI is InChI=1S/C15H14O7/c1-2-13(16)19-8-10-21-22-11-9-20-15(18)14(17)12-6-4-3-5-7-12/h2-8,10H,1,9,11H2. The van der Waals surface area contributed by atoms with E-state index in [2.05, 4.69) is 21.1 Å². The van der Waals surface area contributed by atoms with E-state index in [-0.39, 0.29) is 18.8 Å². The molecule has 0 bridgehead atoms. The number of esters is 2. The van der Waals surface area contributed by atoms with Crippen LogP contribution in [0.4, 0.5) is 0 Å². The van der Waals surface area contributed by atoms with E-state index in [1.54, 1.807) is 18.2 Å². The van der Waals surface area contributed by atoms with E-state index >= 15 is 0 Å². The summed E-state index contributed by atoms with van der Waals surface area (Å²) < 4.78 is 9.15. The Morgan fingerprint density at radius 1 is 1.05 bits per heavy atom. The zero-order valence-corrected chi connectivity index (χ0v) is 11.6. The Bertz CT molecular complexity index is 548. The van der Waals surface area contributed by atoms with E-state index in [4.69, 9.17) is 4.74 Å². The van der Waals surface area contributed by atoms with Crippen LogP contribution in [0.3, 0.4) is 0 Å². The number of carbonyl (C=O) groups excluding carboxylic acids is 3. The molecule has 0 aromatic heterocycles. The number of carbonyl (C=O) groups is 3. The first-order valence-corrected chi connectivity index (χ1v) is 6.18. The van der Waals surface area contributed by atoms with Gasteiger partial charge in [-0.1, -0.05) is 36.9 Å². The van der Waals surface area contributed by atoms with Crippen LogP contribution < -0.4 is 0 Å². The molecule has 7 heteroatoms. The lowest BCUT2D eigenvalue weighted by Gasteiger charge is -2.03. The number of ether oxygens (including phenoxy) is 2. The molecular weight excluding hydrogens is 292 g/mol. The summed E-state index contributed by atoms with van der Waals surface area (Å²) in [6.07, 6.45) is 2.90. The summed E-state index contributed by atoms with van der Waals surface area (Å²) >= 11 is 0. The van der Waals surface area contributed by atoms with E-state index in [9.17, 15) is 14.4 Å². The molecular formula is C15H14O7. The lowest BCUT2D eigenvalue weighted by molar-refractivity contribution is -0.255. The summed E-state index contributed by atoms with van der Waals surface area (Å²) in [7, 11) is 0. The number of hydrogen-bond donors (Lipinski definition) is 0. The van der Waals surface area contributed by atoms with Gasteiger partial charge in [0.1, 0.15) is 19.5 Å². The molecule has 0 aliphatic rings. The molecule has 0 N–H and O–H groups in total. The van der Waals surface area contributed by atoms with Crippen LogP contribution in [-0.2, 0) is 28.8 Å². The molecule has 116 valence electrons. The zero-order valence-electron chi connectivity index (χ0n) is 11.6. The minimum Gasteiger partial charge on any atom is -0.457 e. The molecule has 0 saturated carbocycles. The van der Waals surface area contributed by atoms with Gasteiger partial charge in [0.2, 0.25) is 0 Å². The van der Waals surface area contributed by atoms with Gasteiger partial charge >= 0.3 is 11.9 Å². The average Bonchev–Trinajstić information content (AvgIpc) is 2.56. The van der Waals surface area contributed by atoms with Crippen LogP contribution in [0, 0.1) is 0 Å². The maximum Gasteiger partial charge on any atom is 0.379 e. The Labute approximate surface area is 126 Å². The maximum atomic E-state index is 11.6. The van der Waals surface area contributed by atoms with Crippen LogP contribution in [0.5, 0.6) is 0 Å². The molecule has 0 unspecified atom stereocenters. The highest BCUT2D eigenvalue weighted by molar-refractivity contribution is 6.40. The highest BCUT2D eigenvalue weighted by Crippen LogP contribution is 2.01. The second-order valence-electron chi connectivity index (χ2n) is 3.66. The van der Waals surface area contributed by atoms with Gasteiger partial charge in [-0.25, -0.2) is 9.59 Å². The molecule has 0 spiro atoms. The fraction of sp³-hybridized carbons (Fsp3) is 0.133. The average molecular weight is 306 g/mol. The second-order valence-corrected chi connectivity index (χ2v) is 3.66. The van der Waals surface area contributed by atoms with Crippen molar-refractivity contribution < 1.29 is 33.6 Å². The fourth-order valence-corrected chi connectivity index (χ4v) is 1.19. The van der Waals surface area contributed by atoms with Crippen molar-refractivity contribution >= 4 is 17.7 Å². The molecule has 1 rings (SSSR count). The Kier molecular flexibility index (Phi) is 7.70. The second kappa shape index (κ2) is 9.89. The van der Waals surface area contributed by atoms with Gasteiger partial charge in [-0.05, 0) is 0 Å². The largest absolute Gasteiger partial charge is 0.457 e. The summed E-state index contributed by atoms with van der Waals surface area (Å²) in [6.45, 7) is 2.92. The predicted molar refractivity (Wildman–Crippen MR) is 74.2 cm³/mol. The third-order valence-corrected chi connectivity index (χ3v) is 2.15. The van der Waals surface area contributed by atoms with E-state index < -0.39 is 17.7 Å². The van der Waals surface area contributed by atoms with Crippen molar-refractivity contribution in [2.45, 2.75) is 0 Å². The van der Waals surface area contributed by atoms with Gasteiger partial charge in [-0.15, -0.1) is 0 Å². The molecule has 0 saturated heterocycles. The molecule has 7 nitrogen and oxygen atoms in total. The monoisotopic (exact) mass is 306 g/mol. The SMILES string of the molecule is C=CC(=O)OC=COOCCOC(=O)C(=O)c1ccccc1. The van der Waals surface area contributed by atoms with Crippen molar-refractivity contribution in [3.05, 3.63) is 61.1 Å². The molecule has 1 aromatic carbocycles. The van der Waals surface area contributed by atoms with Crippen LogP contribution in [0.25, 0.3) is 0 Å². The number of rotatable bonds is 9. The fourth-order valence-electron chi connectivity index (χ4n) is 1.19. The summed E-state index contributed by atoms with van der Waals surface area (Å²) in [4.78, 5) is 42.8. The van der Waals surface area contributed by atoms with Gasteiger partial charge in [0, 0.05) is 11.6 Å². The maximum absolute atomic E-state index is 11.6. The third kappa shape index (κ3) is 6.49. The van der Waals surface area contributed by atoms with Gasteiger partial charge in [0.15, 0.2) is 6.26 Å². The zero-order chi connectivity index (χ0) is 16.2. The van der Waals surface area contributed by atoms with Crippen molar-refractivity contribution in [3.8, 4) is 0 Å².